The first-order valence-electron chi connectivity index (χ1n) is 5.19. The number of pyridine rings is 1. The number of rotatable bonds is 3. The Morgan fingerprint density at radius 3 is 2.94 bits per heavy atom. The number of hydrogen-bond acceptors (Lipinski definition) is 4. The maximum absolute atomic E-state index is 11.6. The zero-order valence-electron chi connectivity index (χ0n) is 9.60. The number of nitrogens with one attached hydrogen (secondary N) is 3. The van der Waals surface area contributed by atoms with Gasteiger partial charge in [-0.05, 0) is 13.0 Å². The van der Waals surface area contributed by atoms with Crippen LogP contribution in [-0.4, -0.2) is 27.3 Å². The Morgan fingerprint density at radius 1 is 1.50 bits per heavy atom. The number of carbonyl (C=O) groups is 1. The first-order chi connectivity index (χ1) is 8.68. The fourth-order valence-corrected chi connectivity index (χ4v) is 1.32. The molecule has 0 unspecified atom stereocenters. The van der Waals surface area contributed by atoms with Crippen molar-refractivity contribution in [2.75, 3.05) is 0 Å². The molecule has 7 heteroatoms. The Labute approximate surface area is 102 Å². The molecule has 3 N–H and O–H groups in total. The molecular weight excluding hydrogens is 234 g/mol. The summed E-state index contributed by atoms with van der Waals surface area (Å²) >= 11 is 0. The van der Waals surface area contributed by atoms with E-state index < -0.39 is 5.91 Å². The number of aromatic amines is 2. The van der Waals surface area contributed by atoms with Crippen molar-refractivity contribution < 1.29 is 4.79 Å². The van der Waals surface area contributed by atoms with Crippen molar-refractivity contribution in [2.45, 2.75) is 6.92 Å². The molecular formula is C11H11N5O2. The van der Waals surface area contributed by atoms with Crippen LogP contribution in [-0.2, 0) is 0 Å². The minimum Gasteiger partial charge on any atom is -0.293 e. The molecule has 0 saturated carbocycles. The molecule has 0 aromatic carbocycles. The van der Waals surface area contributed by atoms with Gasteiger partial charge < -0.3 is 0 Å². The minimum atomic E-state index is -0.481. The van der Waals surface area contributed by atoms with Crippen LogP contribution in [0.5, 0.6) is 0 Å². The van der Waals surface area contributed by atoms with Crippen molar-refractivity contribution in [3.63, 3.8) is 0 Å². The lowest BCUT2D eigenvalue weighted by Crippen LogP contribution is -2.19. The van der Waals surface area contributed by atoms with Crippen LogP contribution in [0.2, 0.25) is 0 Å². The monoisotopic (exact) mass is 245 g/mol. The molecule has 1 amide bonds. The first-order valence-corrected chi connectivity index (χ1v) is 5.19. The second kappa shape index (κ2) is 5.09. The number of hydrogen-bond donors (Lipinski definition) is 3. The van der Waals surface area contributed by atoms with E-state index in [-0.39, 0.29) is 11.3 Å². The Balaban J connectivity index is 2.03. The number of aromatic nitrogens is 3. The number of nitrogens with zero attached hydrogens (tertiary/aromatic N) is 2. The minimum absolute atomic E-state index is 0.170. The molecule has 0 radical (unpaired) electrons. The van der Waals surface area contributed by atoms with Crippen LogP contribution >= 0.6 is 0 Å². The van der Waals surface area contributed by atoms with Crippen molar-refractivity contribution in [2.24, 2.45) is 5.10 Å². The number of amides is 1. The Morgan fingerprint density at radius 2 is 2.33 bits per heavy atom. The van der Waals surface area contributed by atoms with Gasteiger partial charge in [-0.2, -0.15) is 5.10 Å². The fraction of sp³-hybridized carbons (Fsp3) is 0.0909. The third kappa shape index (κ3) is 2.51. The van der Waals surface area contributed by atoms with Gasteiger partial charge in [0.05, 0.1) is 6.21 Å². The summed E-state index contributed by atoms with van der Waals surface area (Å²) < 4.78 is 0. The molecule has 2 aromatic rings. The van der Waals surface area contributed by atoms with Crippen molar-refractivity contribution in [3.8, 4) is 0 Å². The van der Waals surface area contributed by atoms with E-state index in [4.69, 9.17) is 0 Å². The summed E-state index contributed by atoms with van der Waals surface area (Å²) in [6.45, 7) is 1.55. The van der Waals surface area contributed by atoms with Crippen LogP contribution < -0.4 is 11.0 Å². The summed E-state index contributed by atoms with van der Waals surface area (Å²) in [5, 5.41) is 8.58. The summed E-state index contributed by atoms with van der Waals surface area (Å²) in [4.78, 5) is 26.7. The zero-order chi connectivity index (χ0) is 13.0. The van der Waals surface area contributed by atoms with Gasteiger partial charge in [-0.3, -0.25) is 24.8 Å². The molecule has 92 valence electrons. The maximum atomic E-state index is 11.6. The highest BCUT2D eigenvalue weighted by Gasteiger charge is 2.12. The van der Waals surface area contributed by atoms with Gasteiger partial charge in [-0.1, -0.05) is 6.07 Å². The van der Waals surface area contributed by atoms with Crippen LogP contribution in [0.3, 0.4) is 0 Å². The van der Waals surface area contributed by atoms with E-state index in [1.807, 2.05) is 0 Å². The predicted octanol–water partition coefficient (Wildman–Crippen LogP) is 0.170. The molecule has 0 saturated heterocycles. The molecule has 18 heavy (non-hydrogen) atoms. The van der Waals surface area contributed by atoms with E-state index in [2.05, 4.69) is 25.7 Å². The average Bonchev–Trinajstić information content (AvgIpc) is 2.71. The molecule has 0 aliphatic heterocycles. The molecule has 2 aromatic heterocycles. The topological polar surface area (TPSA) is 103 Å². The van der Waals surface area contributed by atoms with Crippen molar-refractivity contribution >= 4 is 12.1 Å². The molecule has 0 fully saturated rings. The molecule has 0 spiro atoms. The SMILES string of the molecule is Cc1c(C(=O)NN=Cc2cccnc2)[nH][nH]c1=O. The van der Waals surface area contributed by atoms with Crippen molar-refractivity contribution in [3.05, 3.63) is 51.7 Å². The Kier molecular flexibility index (Phi) is 3.33. The van der Waals surface area contributed by atoms with Gasteiger partial charge in [0.25, 0.3) is 11.5 Å². The Hall–Kier alpha value is -2.70. The van der Waals surface area contributed by atoms with E-state index in [1.165, 1.54) is 6.21 Å². The van der Waals surface area contributed by atoms with E-state index in [0.717, 1.165) is 5.56 Å². The highest BCUT2D eigenvalue weighted by Crippen LogP contribution is 1.96. The molecule has 0 bridgehead atoms. The quantitative estimate of drug-likeness (QED) is 0.530. The second-order valence-electron chi connectivity index (χ2n) is 3.56. The third-order valence-corrected chi connectivity index (χ3v) is 2.31. The smallest absolute Gasteiger partial charge is 0.289 e. The Bertz CT molecular complexity index is 626. The third-order valence-electron chi connectivity index (χ3n) is 2.31. The largest absolute Gasteiger partial charge is 0.293 e. The number of carbonyl (C=O) groups excluding carboxylic acids is 1. The van der Waals surface area contributed by atoms with Gasteiger partial charge in [0.2, 0.25) is 0 Å². The van der Waals surface area contributed by atoms with Gasteiger partial charge >= 0.3 is 0 Å². The van der Waals surface area contributed by atoms with Crippen LogP contribution in [0.1, 0.15) is 21.6 Å². The lowest BCUT2D eigenvalue weighted by molar-refractivity contribution is 0.0949. The molecule has 2 heterocycles. The van der Waals surface area contributed by atoms with Crippen LogP contribution in [0.25, 0.3) is 0 Å². The van der Waals surface area contributed by atoms with Gasteiger partial charge in [0.1, 0.15) is 5.69 Å². The van der Waals surface area contributed by atoms with E-state index >= 15 is 0 Å². The number of hydrazone groups is 1. The molecule has 0 atom stereocenters. The highest BCUT2D eigenvalue weighted by atomic mass is 16.2. The van der Waals surface area contributed by atoms with Gasteiger partial charge in [-0.15, -0.1) is 0 Å². The molecule has 7 nitrogen and oxygen atoms in total. The van der Waals surface area contributed by atoms with Crippen molar-refractivity contribution in [1.29, 1.82) is 0 Å². The average molecular weight is 245 g/mol. The van der Waals surface area contributed by atoms with Crippen molar-refractivity contribution in [1.82, 2.24) is 20.6 Å². The van der Waals surface area contributed by atoms with Gasteiger partial charge in [-0.25, -0.2) is 5.43 Å². The van der Waals surface area contributed by atoms with E-state index in [9.17, 15) is 9.59 Å². The summed E-state index contributed by atoms with van der Waals surface area (Å²) in [6, 6.07) is 3.56. The summed E-state index contributed by atoms with van der Waals surface area (Å²) in [5.74, 6) is -0.481. The standard InChI is InChI=1S/C11H11N5O2/c1-7-9(14-16-10(7)17)11(18)15-13-6-8-3-2-4-12-5-8/h2-6H,1H3,(H,15,18)(H2,14,16,17). The van der Waals surface area contributed by atoms with Crippen LogP contribution in [0.15, 0.2) is 34.4 Å². The predicted molar refractivity (Wildman–Crippen MR) is 65.4 cm³/mol. The first kappa shape index (κ1) is 11.8. The second-order valence-corrected chi connectivity index (χ2v) is 3.56. The van der Waals surface area contributed by atoms with Gasteiger partial charge in [0, 0.05) is 23.5 Å². The zero-order valence-corrected chi connectivity index (χ0v) is 9.60. The molecule has 0 aliphatic rings. The van der Waals surface area contributed by atoms with E-state index in [0.29, 0.717) is 5.56 Å². The van der Waals surface area contributed by atoms with Gasteiger partial charge in [0.15, 0.2) is 0 Å². The lowest BCUT2D eigenvalue weighted by atomic mass is 10.3. The summed E-state index contributed by atoms with van der Waals surface area (Å²) in [7, 11) is 0. The highest BCUT2D eigenvalue weighted by molar-refractivity contribution is 5.94. The lowest BCUT2D eigenvalue weighted by Gasteiger charge is -1.97. The van der Waals surface area contributed by atoms with Crippen LogP contribution in [0.4, 0.5) is 0 Å². The maximum Gasteiger partial charge on any atom is 0.289 e. The van der Waals surface area contributed by atoms with Crippen LogP contribution in [0, 0.1) is 6.92 Å². The molecule has 0 aliphatic carbocycles. The summed E-state index contributed by atoms with van der Waals surface area (Å²) in [5.41, 5.74) is 3.25. The fourth-order valence-electron chi connectivity index (χ4n) is 1.32. The van der Waals surface area contributed by atoms with E-state index in [1.54, 1.807) is 31.5 Å². The summed E-state index contributed by atoms with van der Waals surface area (Å²) in [6.07, 6.45) is 4.72. The molecule has 2 rings (SSSR count). The normalized spacial score (nSPS) is 10.7. The number of H-pyrrole nitrogens is 2.